The number of nitrogens with one attached hydrogen (secondary N) is 1. The number of rotatable bonds is 6. The average molecular weight is 425 g/mol. The largest absolute Gasteiger partial charge is 0.495 e. The quantitative estimate of drug-likeness (QED) is 0.637. The fraction of sp³-hybridized carbons (Fsp3) is 0.174. The lowest BCUT2D eigenvalue weighted by Gasteiger charge is -2.22. The van der Waals surface area contributed by atoms with Crippen molar-refractivity contribution in [3.05, 3.63) is 83.4 Å². The van der Waals surface area contributed by atoms with E-state index in [1.165, 1.54) is 26.3 Å². The third-order valence-corrected chi connectivity index (χ3v) is 6.70. The number of hydrogen-bond donors (Lipinski definition) is 1. The van der Waals surface area contributed by atoms with Crippen LogP contribution in [0.3, 0.4) is 0 Å². The van der Waals surface area contributed by atoms with Gasteiger partial charge < -0.3 is 10.1 Å². The number of ether oxygens (including phenoxy) is 1. The molecule has 0 fully saturated rings. The van der Waals surface area contributed by atoms with Crippen LogP contribution in [0.4, 0.5) is 11.4 Å². The van der Waals surface area contributed by atoms with Crippen LogP contribution in [0.1, 0.15) is 21.5 Å². The molecule has 3 rings (SSSR count). The predicted molar refractivity (Wildman–Crippen MR) is 119 cm³/mol. The number of para-hydroxylation sites is 3. The van der Waals surface area contributed by atoms with Crippen molar-refractivity contribution in [2.45, 2.75) is 18.7 Å². The summed E-state index contributed by atoms with van der Waals surface area (Å²) < 4.78 is 32.9. The second-order valence-corrected chi connectivity index (χ2v) is 8.86. The number of methoxy groups -OCH3 is 1. The minimum Gasteiger partial charge on any atom is -0.495 e. The topological polar surface area (TPSA) is 75.7 Å². The van der Waals surface area contributed by atoms with Crippen LogP contribution in [-0.4, -0.2) is 28.5 Å². The molecule has 0 aliphatic heterocycles. The molecule has 0 aromatic heterocycles. The van der Waals surface area contributed by atoms with Gasteiger partial charge in [-0.3, -0.25) is 9.10 Å². The van der Waals surface area contributed by atoms with Crippen LogP contribution in [0.15, 0.2) is 71.6 Å². The van der Waals surface area contributed by atoms with Gasteiger partial charge in [-0.2, -0.15) is 0 Å². The molecule has 1 amide bonds. The number of aryl methyl sites for hydroxylation is 2. The molecule has 30 heavy (non-hydrogen) atoms. The van der Waals surface area contributed by atoms with Gasteiger partial charge in [0.2, 0.25) is 0 Å². The molecule has 0 spiro atoms. The first-order valence-electron chi connectivity index (χ1n) is 9.35. The van der Waals surface area contributed by atoms with E-state index in [-0.39, 0.29) is 10.8 Å². The Kier molecular flexibility index (Phi) is 6.12. The number of anilines is 2. The third-order valence-electron chi connectivity index (χ3n) is 4.93. The minimum atomic E-state index is -3.91. The highest BCUT2D eigenvalue weighted by Crippen LogP contribution is 2.31. The highest BCUT2D eigenvalue weighted by atomic mass is 32.2. The Morgan fingerprint density at radius 3 is 2.30 bits per heavy atom. The van der Waals surface area contributed by atoms with Gasteiger partial charge in [-0.15, -0.1) is 0 Å². The summed E-state index contributed by atoms with van der Waals surface area (Å²) in [6.45, 7) is 3.67. The van der Waals surface area contributed by atoms with Crippen molar-refractivity contribution in [2.24, 2.45) is 0 Å². The molecule has 7 heteroatoms. The zero-order chi connectivity index (χ0) is 21.9. The summed E-state index contributed by atoms with van der Waals surface area (Å²) in [4.78, 5) is 12.9. The number of amides is 1. The number of benzene rings is 3. The molecule has 156 valence electrons. The molecular formula is C23H24N2O4S. The van der Waals surface area contributed by atoms with Gasteiger partial charge in [0.15, 0.2) is 0 Å². The second-order valence-electron chi connectivity index (χ2n) is 6.89. The van der Waals surface area contributed by atoms with Crippen molar-refractivity contribution < 1.29 is 17.9 Å². The number of nitrogens with zero attached hydrogens (tertiary/aromatic N) is 1. The molecule has 6 nitrogen and oxygen atoms in total. The zero-order valence-corrected chi connectivity index (χ0v) is 18.2. The number of sulfonamides is 1. The van der Waals surface area contributed by atoms with Crippen molar-refractivity contribution in [2.75, 3.05) is 23.8 Å². The first kappa shape index (κ1) is 21.4. The van der Waals surface area contributed by atoms with E-state index < -0.39 is 10.0 Å². The predicted octanol–water partition coefficient (Wildman–Crippen LogP) is 4.39. The Bertz CT molecular complexity index is 1190. The summed E-state index contributed by atoms with van der Waals surface area (Å²) in [7, 11) is -0.961. The van der Waals surface area contributed by atoms with Gasteiger partial charge in [0.1, 0.15) is 5.75 Å². The Balaban J connectivity index is 1.97. The fourth-order valence-corrected chi connectivity index (χ4v) is 4.32. The van der Waals surface area contributed by atoms with Crippen molar-refractivity contribution in [3.63, 3.8) is 0 Å². The van der Waals surface area contributed by atoms with Crippen LogP contribution in [0.2, 0.25) is 0 Å². The molecule has 3 aromatic carbocycles. The zero-order valence-electron chi connectivity index (χ0n) is 17.3. The number of carbonyl (C=O) groups excluding carboxylic acids is 1. The van der Waals surface area contributed by atoms with Crippen molar-refractivity contribution in [3.8, 4) is 5.75 Å². The summed E-state index contributed by atoms with van der Waals surface area (Å²) in [6, 6.07) is 18.8. The van der Waals surface area contributed by atoms with Gasteiger partial charge in [-0.1, -0.05) is 36.4 Å². The molecule has 1 N–H and O–H groups in total. The Morgan fingerprint density at radius 2 is 1.60 bits per heavy atom. The van der Waals surface area contributed by atoms with Crippen molar-refractivity contribution in [1.82, 2.24) is 0 Å². The van der Waals surface area contributed by atoms with Gasteiger partial charge in [0.25, 0.3) is 15.9 Å². The molecule has 0 saturated carbocycles. The van der Waals surface area contributed by atoms with Gasteiger partial charge in [-0.25, -0.2) is 8.42 Å². The maximum absolute atomic E-state index is 13.2. The highest BCUT2D eigenvalue weighted by molar-refractivity contribution is 7.92. The van der Waals surface area contributed by atoms with E-state index in [1.54, 1.807) is 43.3 Å². The first-order valence-corrected chi connectivity index (χ1v) is 10.8. The summed E-state index contributed by atoms with van der Waals surface area (Å²) in [6.07, 6.45) is 0. The van der Waals surface area contributed by atoms with Crippen LogP contribution in [-0.2, 0) is 10.0 Å². The SMILES string of the molecule is COc1ccccc1N(C)S(=O)(=O)c1ccc(C)c(C(=O)Nc2ccccc2C)c1. The summed E-state index contributed by atoms with van der Waals surface area (Å²) in [5.41, 5.74) is 2.99. The van der Waals surface area contributed by atoms with Crippen LogP contribution in [0.25, 0.3) is 0 Å². The van der Waals surface area contributed by atoms with Gasteiger partial charge in [-0.05, 0) is 55.3 Å². The minimum absolute atomic E-state index is 0.0245. The lowest BCUT2D eigenvalue weighted by atomic mass is 10.1. The maximum atomic E-state index is 13.2. The van der Waals surface area contributed by atoms with Crippen LogP contribution >= 0.6 is 0 Å². The average Bonchev–Trinajstić information content (AvgIpc) is 2.74. The van der Waals surface area contributed by atoms with Crippen LogP contribution in [0, 0.1) is 13.8 Å². The molecule has 0 aliphatic rings. The molecule has 0 bridgehead atoms. The van der Waals surface area contributed by atoms with Gasteiger partial charge in [0, 0.05) is 18.3 Å². The second kappa shape index (κ2) is 8.59. The molecule has 3 aromatic rings. The molecule has 0 heterocycles. The van der Waals surface area contributed by atoms with E-state index in [0.29, 0.717) is 28.3 Å². The van der Waals surface area contributed by atoms with E-state index in [4.69, 9.17) is 4.74 Å². The van der Waals surface area contributed by atoms with Crippen LogP contribution in [0.5, 0.6) is 5.75 Å². The Labute approximate surface area is 177 Å². The molecule has 0 unspecified atom stereocenters. The van der Waals surface area contributed by atoms with E-state index >= 15 is 0 Å². The number of hydrogen-bond acceptors (Lipinski definition) is 4. The monoisotopic (exact) mass is 424 g/mol. The third kappa shape index (κ3) is 4.16. The van der Waals surface area contributed by atoms with Crippen molar-refractivity contribution in [1.29, 1.82) is 0 Å². The fourth-order valence-electron chi connectivity index (χ4n) is 3.09. The summed E-state index contributed by atoms with van der Waals surface area (Å²) >= 11 is 0. The van der Waals surface area contributed by atoms with E-state index in [2.05, 4.69) is 5.32 Å². The summed E-state index contributed by atoms with van der Waals surface area (Å²) in [5.74, 6) is 0.0759. The molecule has 0 radical (unpaired) electrons. The standard InChI is InChI=1S/C23H24N2O4S/c1-16-13-14-18(15-19(16)23(26)24-20-10-6-5-9-17(20)2)30(27,28)25(3)21-11-7-8-12-22(21)29-4/h5-15H,1-4H3,(H,24,26). The molecule has 0 aliphatic carbocycles. The molecule has 0 atom stereocenters. The normalized spacial score (nSPS) is 11.1. The lowest BCUT2D eigenvalue weighted by molar-refractivity contribution is 0.102. The number of carbonyl (C=O) groups is 1. The Hall–Kier alpha value is -3.32. The van der Waals surface area contributed by atoms with E-state index in [1.807, 2.05) is 25.1 Å². The smallest absolute Gasteiger partial charge is 0.264 e. The van der Waals surface area contributed by atoms with Gasteiger partial charge in [0.05, 0.1) is 17.7 Å². The maximum Gasteiger partial charge on any atom is 0.264 e. The molecular weight excluding hydrogens is 400 g/mol. The van der Waals surface area contributed by atoms with Crippen LogP contribution < -0.4 is 14.4 Å². The van der Waals surface area contributed by atoms with Gasteiger partial charge >= 0.3 is 0 Å². The lowest BCUT2D eigenvalue weighted by Crippen LogP contribution is -2.27. The Morgan fingerprint density at radius 1 is 0.933 bits per heavy atom. The van der Waals surface area contributed by atoms with E-state index in [0.717, 1.165) is 9.87 Å². The first-order chi connectivity index (χ1) is 14.3. The molecule has 0 saturated heterocycles. The van der Waals surface area contributed by atoms with Crippen molar-refractivity contribution >= 4 is 27.3 Å². The van der Waals surface area contributed by atoms with E-state index in [9.17, 15) is 13.2 Å². The summed E-state index contributed by atoms with van der Waals surface area (Å²) in [5, 5.41) is 2.86. The highest BCUT2D eigenvalue weighted by Gasteiger charge is 2.25.